The number of nitrogens with one attached hydrogen (secondary N) is 1. The second kappa shape index (κ2) is 7.47. The molecule has 0 radical (unpaired) electrons. The van der Waals surface area contributed by atoms with Crippen molar-refractivity contribution in [3.8, 4) is 5.75 Å². The molecule has 29 heavy (non-hydrogen) atoms. The van der Waals surface area contributed by atoms with E-state index in [1.54, 1.807) is 19.4 Å². The van der Waals surface area contributed by atoms with Crippen LogP contribution in [0.4, 0.5) is 0 Å². The maximum atomic E-state index is 12.5. The Bertz CT molecular complexity index is 1260. The number of methoxy groups -OCH3 is 1. The first-order chi connectivity index (χ1) is 14.0. The van der Waals surface area contributed by atoms with E-state index in [1.807, 2.05) is 44.2 Å². The first-order valence-corrected chi connectivity index (χ1v) is 9.30. The van der Waals surface area contributed by atoms with Crippen LogP contribution >= 0.6 is 0 Å². The van der Waals surface area contributed by atoms with Crippen LogP contribution in [-0.4, -0.2) is 13.0 Å². The van der Waals surface area contributed by atoms with Crippen LogP contribution in [0.2, 0.25) is 0 Å². The molecule has 4 rings (SSSR count). The molecule has 1 amide bonds. The zero-order valence-electron chi connectivity index (χ0n) is 16.5. The predicted octanol–water partition coefficient (Wildman–Crippen LogP) is 4.02. The molecule has 1 N–H and O–H groups in total. The molecule has 0 fully saturated rings. The van der Waals surface area contributed by atoms with Gasteiger partial charge in [-0.05, 0) is 48.7 Å². The third-order valence-corrected chi connectivity index (χ3v) is 5.16. The van der Waals surface area contributed by atoms with Crippen LogP contribution in [0.25, 0.3) is 21.9 Å². The van der Waals surface area contributed by atoms with Gasteiger partial charge in [0.1, 0.15) is 16.9 Å². The number of rotatable bonds is 5. The Labute approximate surface area is 167 Å². The van der Waals surface area contributed by atoms with E-state index in [9.17, 15) is 9.59 Å². The number of carbonyl (C=O) groups is 1. The van der Waals surface area contributed by atoms with E-state index < -0.39 is 5.63 Å². The standard InChI is InChI=1S/C23H21NO5/c1-13-12-28-20-10-21-18(8-17(13)20)14(2)19(23(26)29-21)9-22(25)24-11-15-4-6-16(27-3)7-5-15/h4-8,10,12H,9,11H2,1-3H3,(H,24,25). The quantitative estimate of drug-likeness (QED) is 0.520. The number of ether oxygens (including phenoxy) is 1. The molecule has 0 saturated heterocycles. The minimum Gasteiger partial charge on any atom is -0.497 e. The molecule has 4 aromatic rings. The molecule has 2 heterocycles. The fourth-order valence-electron chi connectivity index (χ4n) is 3.41. The van der Waals surface area contributed by atoms with Crippen molar-refractivity contribution in [3.05, 3.63) is 75.3 Å². The highest BCUT2D eigenvalue weighted by atomic mass is 16.5. The molecule has 0 aliphatic carbocycles. The Balaban J connectivity index is 1.57. The van der Waals surface area contributed by atoms with Gasteiger partial charge in [-0.1, -0.05) is 12.1 Å². The number of fused-ring (bicyclic) bond motifs is 2. The molecule has 0 saturated carbocycles. The lowest BCUT2D eigenvalue weighted by Gasteiger charge is -2.09. The molecule has 6 nitrogen and oxygen atoms in total. The summed E-state index contributed by atoms with van der Waals surface area (Å²) < 4.78 is 16.1. The average molecular weight is 391 g/mol. The highest BCUT2D eigenvalue weighted by molar-refractivity contribution is 5.96. The van der Waals surface area contributed by atoms with Gasteiger partial charge in [0, 0.05) is 23.4 Å². The number of carbonyl (C=O) groups excluding carboxylic acids is 1. The van der Waals surface area contributed by atoms with Gasteiger partial charge in [0.2, 0.25) is 5.91 Å². The lowest BCUT2D eigenvalue weighted by Crippen LogP contribution is -2.27. The summed E-state index contributed by atoms with van der Waals surface area (Å²) in [6.07, 6.45) is 1.63. The summed E-state index contributed by atoms with van der Waals surface area (Å²) in [5.41, 5.74) is 3.69. The largest absolute Gasteiger partial charge is 0.497 e. The SMILES string of the molecule is COc1ccc(CNC(=O)Cc2c(C)c3cc4c(C)coc4cc3oc2=O)cc1. The first-order valence-electron chi connectivity index (χ1n) is 9.30. The van der Waals surface area contributed by atoms with E-state index in [0.29, 0.717) is 23.3 Å². The minimum absolute atomic E-state index is 0.0390. The fraction of sp³-hybridized carbons (Fsp3) is 0.217. The molecular weight excluding hydrogens is 370 g/mol. The Morgan fingerprint density at radius 3 is 2.55 bits per heavy atom. The van der Waals surface area contributed by atoms with E-state index >= 15 is 0 Å². The van der Waals surface area contributed by atoms with Crippen molar-refractivity contribution in [2.24, 2.45) is 0 Å². The topological polar surface area (TPSA) is 81.7 Å². The molecule has 0 bridgehead atoms. The van der Waals surface area contributed by atoms with Gasteiger partial charge in [0.15, 0.2) is 0 Å². The van der Waals surface area contributed by atoms with Crippen LogP contribution in [0.15, 0.2) is 56.3 Å². The fourth-order valence-corrected chi connectivity index (χ4v) is 3.41. The summed E-state index contributed by atoms with van der Waals surface area (Å²) in [5.74, 6) is 0.516. The van der Waals surface area contributed by atoms with Gasteiger partial charge in [-0.3, -0.25) is 4.79 Å². The van der Waals surface area contributed by atoms with Gasteiger partial charge in [-0.25, -0.2) is 4.79 Å². The molecule has 0 aliphatic heterocycles. The number of aryl methyl sites for hydroxylation is 2. The maximum Gasteiger partial charge on any atom is 0.340 e. The Hall–Kier alpha value is -3.54. The molecule has 0 unspecified atom stereocenters. The molecule has 0 aliphatic rings. The van der Waals surface area contributed by atoms with Crippen LogP contribution in [-0.2, 0) is 17.8 Å². The number of benzene rings is 2. The molecule has 2 aromatic carbocycles. The maximum absolute atomic E-state index is 12.5. The highest BCUT2D eigenvalue weighted by Crippen LogP contribution is 2.28. The van der Waals surface area contributed by atoms with Gasteiger partial charge in [-0.2, -0.15) is 0 Å². The second-order valence-electron chi connectivity index (χ2n) is 7.06. The Morgan fingerprint density at radius 1 is 1.07 bits per heavy atom. The summed E-state index contributed by atoms with van der Waals surface area (Å²) >= 11 is 0. The third-order valence-electron chi connectivity index (χ3n) is 5.16. The van der Waals surface area contributed by atoms with E-state index in [1.165, 1.54) is 0 Å². The summed E-state index contributed by atoms with van der Waals surface area (Å²) in [7, 11) is 1.60. The van der Waals surface area contributed by atoms with Crippen LogP contribution in [0, 0.1) is 13.8 Å². The normalized spacial score (nSPS) is 11.1. The van der Waals surface area contributed by atoms with E-state index in [0.717, 1.165) is 33.2 Å². The zero-order valence-corrected chi connectivity index (χ0v) is 16.5. The van der Waals surface area contributed by atoms with Gasteiger partial charge in [-0.15, -0.1) is 0 Å². The highest BCUT2D eigenvalue weighted by Gasteiger charge is 2.16. The van der Waals surface area contributed by atoms with E-state index in [2.05, 4.69) is 5.32 Å². The third kappa shape index (κ3) is 3.61. The summed E-state index contributed by atoms with van der Waals surface area (Å²) in [6, 6.07) is 11.1. The van der Waals surface area contributed by atoms with Gasteiger partial charge >= 0.3 is 5.63 Å². The van der Waals surface area contributed by atoms with Gasteiger partial charge < -0.3 is 18.9 Å². The molecule has 0 atom stereocenters. The number of hydrogen-bond donors (Lipinski definition) is 1. The summed E-state index contributed by atoms with van der Waals surface area (Å²) in [5, 5.41) is 4.61. The van der Waals surface area contributed by atoms with Gasteiger partial charge in [0.25, 0.3) is 0 Å². The predicted molar refractivity (Wildman–Crippen MR) is 110 cm³/mol. The average Bonchev–Trinajstić information content (AvgIpc) is 3.08. The Morgan fingerprint density at radius 2 is 1.83 bits per heavy atom. The monoisotopic (exact) mass is 391 g/mol. The lowest BCUT2D eigenvalue weighted by molar-refractivity contribution is -0.120. The van der Waals surface area contributed by atoms with E-state index in [4.69, 9.17) is 13.6 Å². The van der Waals surface area contributed by atoms with Crippen molar-refractivity contribution < 1.29 is 18.4 Å². The van der Waals surface area contributed by atoms with E-state index in [-0.39, 0.29) is 12.3 Å². The van der Waals surface area contributed by atoms with Crippen LogP contribution in [0.1, 0.15) is 22.3 Å². The number of hydrogen-bond acceptors (Lipinski definition) is 5. The van der Waals surface area contributed by atoms with Crippen molar-refractivity contribution in [2.45, 2.75) is 26.8 Å². The lowest BCUT2D eigenvalue weighted by atomic mass is 10.0. The van der Waals surface area contributed by atoms with Crippen molar-refractivity contribution in [1.82, 2.24) is 5.32 Å². The molecular formula is C23H21NO5. The van der Waals surface area contributed by atoms with Crippen molar-refractivity contribution in [2.75, 3.05) is 7.11 Å². The molecule has 6 heteroatoms. The van der Waals surface area contributed by atoms with Crippen LogP contribution in [0.3, 0.4) is 0 Å². The molecule has 2 aromatic heterocycles. The number of furan rings is 1. The number of amides is 1. The van der Waals surface area contributed by atoms with Crippen molar-refractivity contribution in [3.63, 3.8) is 0 Å². The smallest absolute Gasteiger partial charge is 0.340 e. The second-order valence-corrected chi connectivity index (χ2v) is 7.06. The molecule has 148 valence electrons. The van der Waals surface area contributed by atoms with Crippen LogP contribution < -0.4 is 15.7 Å². The van der Waals surface area contributed by atoms with Crippen molar-refractivity contribution in [1.29, 1.82) is 0 Å². The molecule has 0 spiro atoms. The minimum atomic E-state index is -0.503. The van der Waals surface area contributed by atoms with Crippen molar-refractivity contribution >= 4 is 27.8 Å². The van der Waals surface area contributed by atoms with Crippen LogP contribution in [0.5, 0.6) is 5.75 Å². The Kier molecular flexibility index (Phi) is 4.84. The summed E-state index contributed by atoms with van der Waals surface area (Å²) in [6.45, 7) is 4.17. The summed E-state index contributed by atoms with van der Waals surface area (Å²) in [4.78, 5) is 24.9. The van der Waals surface area contributed by atoms with Gasteiger partial charge in [0.05, 0.1) is 25.4 Å². The zero-order chi connectivity index (χ0) is 20.5. The first kappa shape index (κ1) is 18.8.